The predicted octanol–water partition coefficient (Wildman–Crippen LogP) is 2.99. The number of hydrogen-bond donors (Lipinski definition) is 2. The molecule has 2 aromatic heterocycles. The first-order chi connectivity index (χ1) is 11.0. The molecule has 0 bridgehead atoms. The molecule has 3 rings (SSSR count). The highest BCUT2D eigenvalue weighted by molar-refractivity contribution is 8.93. The highest BCUT2D eigenvalue weighted by atomic mass is 79.9. The number of nitrogens with zero attached hydrogens (tertiary/aromatic N) is 2. The van der Waals surface area contributed by atoms with Gasteiger partial charge in [0.1, 0.15) is 14.6 Å². The number of nitrogens with one attached hydrogen (secondary N) is 1. The van der Waals surface area contributed by atoms with Gasteiger partial charge in [-0.05, 0) is 19.4 Å². The van der Waals surface area contributed by atoms with E-state index in [1.807, 2.05) is 0 Å². The van der Waals surface area contributed by atoms with Crippen molar-refractivity contribution in [1.29, 1.82) is 0 Å². The summed E-state index contributed by atoms with van der Waals surface area (Å²) in [6.07, 6.45) is 2.54. The van der Waals surface area contributed by atoms with Crippen molar-refractivity contribution in [3.63, 3.8) is 0 Å². The van der Waals surface area contributed by atoms with Gasteiger partial charge >= 0.3 is 0 Å². The predicted molar refractivity (Wildman–Crippen MR) is 111 cm³/mol. The quantitative estimate of drug-likeness (QED) is 0.626. The molecule has 2 N–H and O–H groups in total. The molecule has 6 nitrogen and oxygen atoms in total. The number of aromatic nitrogens is 2. The molecule has 25 heavy (non-hydrogen) atoms. The minimum absolute atomic E-state index is 0. The van der Waals surface area contributed by atoms with Crippen LogP contribution in [0.2, 0.25) is 9.36 Å². The molecule has 0 unspecified atom stereocenters. The van der Waals surface area contributed by atoms with E-state index in [0.29, 0.717) is 21.0 Å². The van der Waals surface area contributed by atoms with Gasteiger partial charge in [-0.2, -0.15) is 0 Å². The van der Waals surface area contributed by atoms with Crippen LogP contribution in [0.5, 0.6) is 0 Å². The van der Waals surface area contributed by atoms with E-state index >= 15 is 0 Å². The summed E-state index contributed by atoms with van der Waals surface area (Å²) in [6.45, 7) is 0.703. The van der Waals surface area contributed by atoms with E-state index in [9.17, 15) is 14.7 Å². The maximum Gasteiger partial charge on any atom is 0.271 e. The Morgan fingerprint density at radius 2 is 2.16 bits per heavy atom. The van der Waals surface area contributed by atoms with Crippen molar-refractivity contribution in [2.24, 2.45) is 0 Å². The van der Waals surface area contributed by atoms with E-state index in [1.54, 1.807) is 0 Å². The third-order valence-electron chi connectivity index (χ3n) is 3.91. The Morgan fingerprint density at radius 3 is 2.84 bits per heavy atom. The van der Waals surface area contributed by atoms with E-state index in [1.165, 1.54) is 10.9 Å². The van der Waals surface area contributed by atoms with Crippen molar-refractivity contribution in [1.82, 2.24) is 14.9 Å². The van der Waals surface area contributed by atoms with E-state index in [4.69, 9.17) is 23.2 Å². The third-order valence-corrected chi connectivity index (χ3v) is 5.86. The Kier molecular flexibility index (Phi) is 9.00. The number of aliphatic hydroxyl groups is 1. The SMILES string of the molecule is Br.Br.O=C(C[C@@H]1NCCC[C@H]1O)Cn1cnc2c(Cl)c(Cl)sc2c1=O. The first-order valence-corrected chi connectivity index (χ1v) is 8.80. The molecule has 0 aliphatic carbocycles. The van der Waals surface area contributed by atoms with Crippen LogP contribution < -0.4 is 10.9 Å². The molecule has 0 spiro atoms. The van der Waals surface area contributed by atoms with Gasteiger partial charge in [-0.1, -0.05) is 23.2 Å². The van der Waals surface area contributed by atoms with E-state index in [-0.39, 0.29) is 69.3 Å². The smallest absolute Gasteiger partial charge is 0.271 e. The lowest BCUT2D eigenvalue weighted by Crippen LogP contribution is -2.46. The number of carbonyl (C=O) groups excluding carboxylic acids is 1. The van der Waals surface area contributed by atoms with Gasteiger partial charge < -0.3 is 10.4 Å². The van der Waals surface area contributed by atoms with Crippen LogP contribution in [0.15, 0.2) is 11.1 Å². The number of carbonyl (C=O) groups is 1. The number of hydrogen-bond acceptors (Lipinski definition) is 6. The van der Waals surface area contributed by atoms with E-state index < -0.39 is 6.10 Å². The lowest BCUT2D eigenvalue weighted by atomic mass is 9.97. The molecule has 0 radical (unpaired) electrons. The zero-order valence-corrected chi connectivity index (χ0v) is 18.7. The fourth-order valence-corrected chi connectivity index (χ4v) is 4.16. The summed E-state index contributed by atoms with van der Waals surface area (Å²) in [7, 11) is 0. The summed E-state index contributed by atoms with van der Waals surface area (Å²) >= 11 is 13.0. The van der Waals surface area contributed by atoms with Crippen LogP contribution in [0.4, 0.5) is 0 Å². The standard InChI is InChI=1S/C14H15Cl2N3O3S.2BrH/c15-10-11-12(23-13(10)16)14(22)19(6-18-11)5-7(20)4-8-9(21)2-1-3-17-8;;/h6,8-9,17,21H,1-5H2;2*1H/t8-,9+;;/m0../s1. The maximum absolute atomic E-state index is 12.4. The molecule has 0 saturated carbocycles. The third kappa shape index (κ3) is 5.03. The van der Waals surface area contributed by atoms with Gasteiger partial charge in [0, 0.05) is 12.5 Å². The number of piperidine rings is 1. The minimum atomic E-state index is -0.528. The van der Waals surface area contributed by atoms with Crippen LogP contribution in [-0.2, 0) is 11.3 Å². The summed E-state index contributed by atoms with van der Waals surface area (Å²) < 4.78 is 1.90. The number of aliphatic hydroxyl groups excluding tert-OH is 1. The van der Waals surface area contributed by atoms with E-state index in [0.717, 1.165) is 24.3 Å². The number of rotatable bonds is 4. The van der Waals surface area contributed by atoms with Crippen LogP contribution in [-0.4, -0.2) is 39.1 Å². The van der Waals surface area contributed by atoms with E-state index in [2.05, 4.69) is 10.3 Å². The van der Waals surface area contributed by atoms with Crippen molar-refractivity contribution in [3.8, 4) is 0 Å². The molecule has 1 saturated heterocycles. The van der Waals surface area contributed by atoms with Gasteiger partial charge in [0.25, 0.3) is 5.56 Å². The molecule has 1 fully saturated rings. The van der Waals surface area contributed by atoms with Crippen LogP contribution in [0.25, 0.3) is 10.2 Å². The zero-order chi connectivity index (χ0) is 16.6. The Hall–Kier alpha value is -0.0300. The van der Waals surface area contributed by atoms with Gasteiger partial charge in [0.2, 0.25) is 0 Å². The van der Waals surface area contributed by atoms with Crippen LogP contribution in [0, 0.1) is 0 Å². The first-order valence-electron chi connectivity index (χ1n) is 7.23. The Balaban J connectivity index is 0.00000156. The summed E-state index contributed by atoms with van der Waals surface area (Å²) in [5, 5.41) is 13.3. The second-order valence-corrected chi connectivity index (χ2v) is 7.56. The second kappa shape index (κ2) is 9.77. The van der Waals surface area contributed by atoms with Gasteiger partial charge in [-0.25, -0.2) is 4.98 Å². The lowest BCUT2D eigenvalue weighted by molar-refractivity contribution is -0.121. The molecule has 1 aliphatic heterocycles. The zero-order valence-electron chi connectivity index (χ0n) is 12.9. The minimum Gasteiger partial charge on any atom is -0.391 e. The van der Waals surface area contributed by atoms with Crippen LogP contribution >= 0.6 is 68.5 Å². The number of ketones is 1. The average Bonchev–Trinajstić information content (AvgIpc) is 2.81. The largest absolute Gasteiger partial charge is 0.391 e. The molecule has 2 aromatic rings. The number of thiophene rings is 1. The number of Topliss-reactive ketones (excluding diaryl/α,β-unsaturated/α-hetero) is 1. The summed E-state index contributed by atoms with van der Waals surface area (Å²) in [5.74, 6) is -0.138. The molecule has 0 amide bonds. The second-order valence-electron chi connectivity index (χ2n) is 5.56. The fourth-order valence-electron chi connectivity index (χ4n) is 2.70. The molecule has 0 aromatic carbocycles. The van der Waals surface area contributed by atoms with Crippen molar-refractivity contribution in [2.45, 2.75) is 38.0 Å². The van der Waals surface area contributed by atoms with Gasteiger partial charge in [-0.3, -0.25) is 14.2 Å². The molecule has 2 atom stereocenters. The Morgan fingerprint density at radius 1 is 1.44 bits per heavy atom. The molecular formula is C14H17Br2Cl2N3O3S. The van der Waals surface area contributed by atoms with Crippen LogP contribution in [0.1, 0.15) is 19.3 Å². The van der Waals surface area contributed by atoms with Gasteiger partial charge in [0.05, 0.1) is 24.0 Å². The van der Waals surface area contributed by atoms with Crippen LogP contribution in [0.3, 0.4) is 0 Å². The van der Waals surface area contributed by atoms with Crippen molar-refractivity contribution >= 4 is 84.5 Å². The topological polar surface area (TPSA) is 84.2 Å². The fraction of sp³-hybridized carbons (Fsp3) is 0.500. The van der Waals surface area contributed by atoms with Gasteiger partial charge in [-0.15, -0.1) is 45.3 Å². The summed E-state index contributed by atoms with van der Waals surface area (Å²) in [6, 6.07) is -0.255. The molecule has 11 heteroatoms. The van der Waals surface area contributed by atoms with Gasteiger partial charge in [0.15, 0.2) is 5.78 Å². The Bertz CT molecular complexity index is 814. The summed E-state index contributed by atoms with van der Waals surface area (Å²) in [4.78, 5) is 28.7. The number of fused-ring (bicyclic) bond motifs is 1. The van der Waals surface area contributed by atoms with Crippen molar-refractivity contribution in [3.05, 3.63) is 26.0 Å². The molecule has 1 aliphatic rings. The van der Waals surface area contributed by atoms with Crippen molar-refractivity contribution < 1.29 is 9.90 Å². The van der Waals surface area contributed by atoms with Crippen molar-refractivity contribution in [2.75, 3.05) is 6.54 Å². The lowest BCUT2D eigenvalue weighted by Gasteiger charge is -2.28. The average molecular weight is 538 g/mol. The molecule has 140 valence electrons. The molecular weight excluding hydrogens is 521 g/mol. The molecule has 3 heterocycles. The highest BCUT2D eigenvalue weighted by Gasteiger charge is 2.25. The monoisotopic (exact) mass is 535 g/mol. The first kappa shape index (κ1) is 23.0. The normalized spacial score (nSPS) is 20.0. The summed E-state index contributed by atoms with van der Waals surface area (Å²) in [5.41, 5.74) is 0.0269. The number of halogens is 4. The maximum atomic E-state index is 12.4. The Labute approximate surface area is 179 Å². The highest BCUT2D eigenvalue weighted by Crippen LogP contribution is 2.35.